The van der Waals surface area contributed by atoms with Crippen LogP contribution in [-0.4, -0.2) is 28.9 Å². The van der Waals surface area contributed by atoms with Crippen LogP contribution in [0.2, 0.25) is 0 Å². The molecule has 46 heavy (non-hydrogen) atoms. The second kappa shape index (κ2) is 12.3. The van der Waals surface area contributed by atoms with Gasteiger partial charge in [0.25, 0.3) is 0 Å². The Kier molecular flexibility index (Phi) is 7.36. The molecule has 0 saturated carbocycles. The summed E-state index contributed by atoms with van der Waals surface area (Å²) in [6.45, 7) is 0.840. The number of dihydropyridines is 1. The van der Waals surface area contributed by atoms with Gasteiger partial charge in [-0.05, 0) is 47.2 Å². The molecular weight excluding hydrogens is 564 g/mol. The number of para-hydroxylation sites is 1. The summed E-state index contributed by atoms with van der Waals surface area (Å²) in [5.41, 5.74) is 11.0. The largest absolute Gasteiger partial charge is 0.381 e. The minimum Gasteiger partial charge on any atom is -0.381 e. The summed E-state index contributed by atoms with van der Waals surface area (Å²) in [6.07, 6.45) is 11.6. The summed E-state index contributed by atoms with van der Waals surface area (Å²) in [4.78, 5) is 19.6. The highest BCUT2D eigenvalue weighted by molar-refractivity contribution is 6.16. The van der Waals surface area contributed by atoms with Crippen LogP contribution in [-0.2, 0) is 0 Å². The molecule has 0 radical (unpaired) electrons. The third kappa shape index (κ3) is 5.57. The van der Waals surface area contributed by atoms with E-state index in [4.69, 9.17) is 15.0 Å². The number of hydrogen-bond acceptors (Lipinski definition) is 6. The van der Waals surface area contributed by atoms with E-state index >= 15 is 0 Å². The molecule has 4 aromatic carbocycles. The molecule has 0 spiro atoms. The number of pyridine rings is 1. The number of hydrogen-bond donors (Lipinski definition) is 2. The van der Waals surface area contributed by atoms with Gasteiger partial charge in [0.2, 0.25) is 0 Å². The maximum absolute atomic E-state index is 5.05. The highest BCUT2D eigenvalue weighted by Crippen LogP contribution is 2.30. The topological polar surface area (TPSA) is 74.0 Å². The van der Waals surface area contributed by atoms with Crippen LogP contribution in [0, 0.1) is 0 Å². The van der Waals surface area contributed by atoms with Crippen molar-refractivity contribution >= 4 is 39.6 Å². The fourth-order valence-corrected chi connectivity index (χ4v) is 6.13. The summed E-state index contributed by atoms with van der Waals surface area (Å²) in [7, 11) is 0. The van der Waals surface area contributed by atoms with Crippen molar-refractivity contribution in [3.63, 3.8) is 0 Å². The van der Waals surface area contributed by atoms with Crippen LogP contribution in [0.1, 0.15) is 52.4 Å². The van der Waals surface area contributed by atoms with E-state index in [2.05, 4.69) is 119 Å². The molecule has 6 nitrogen and oxygen atoms in total. The van der Waals surface area contributed by atoms with Gasteiger partial charge in [0.1, 0.15) is 11.7 Å². The molecule has 0 amide bonds. The minimum atomic E-state index is -0.338. The fraction of sp³-hybridized carbons (Fsp3) is 0.100. The van der Waals surface area contributed by atoms with E-state index in [1.165, 1.54) is 5.57 Å². The first-order valence-electron chi connectivity index (χ1n) is 15.7. The van der Waals surface area contributed by atoms with E-state index in [-0.39, 0.29) is 6.17 Å². The molecule has 1 unspecified atom stereocenters. The first-order chi connectivity index (χ1) is 22.8. The van der Waals surface area contributed by atoms with Gasteiger partial charge in [0.15, 0.2) is 6.17 Å². The Bertz CT molecular complexity index is 2090. The number of nitrogens with zero attached hydrogens (tertiary/aromatic N) is 4. The van der Waals surface area contributed by atoms with Gasteiger partial charge in [0.05, 0.1) is 5.52 Å². The minimum absolute atomic E-state index is 0.338. The van der Waals surface area contributed by atoms with Crippen molar-refractivity contribution in [2.75, 3.05) is 6.54 Å². The number of allylic oxidation sites excluding steroid dienone is 3. The third-order valence-electron chi connectivity index (χ3n) is 8.59. The average molecular weight is 597 g/mol. The molecule has 222 valence electrons. The van der Waals surface area contributed by atoms with Crippen molar-refractivity contribution in [1.29, 1.82) is 0 Å². The van der Waals surface area contributed by atoms with Crippen molar-refractivity contribution in [3.8, 4) is 0 Å². The van der Waals surface area contributed by atoms with E-state index in [0.29, 0.717) is 0 Å². The van der Waals surface area contributed by atoms with Crippen LogP contribution in [0.4, 0.5) is 0 Å². The summed E-state index contributed by atoms with van der Waals surface area (Å²) in [5, 5.41) is 8.12. The van der Waals surface area contributed by atoms with Gasteiger partial charge in [-0.15, -0.1) is 0 Å². The average Bonchev–Trinajstić information content (AvgIpc) is 3.15. The lowest BCUT2D eigenvalue weighted by molar-refractivity contribution is 0.756. The van der Waals surface area contributed by atoms with Gasteiger partial charge >= 0.3 is 0 Å². The number of nitrogens with one attached hydrogen (secondary N) is 2. The molecule has 1 aromatic heterocycles. The Morgan fingerprint density at radius 3 is 2.07 bits per heavy atom. The third-order valence-corrected chi connectivity index (χ3v) is 8.59. The zero-order valence-corrected chi connectivity index (χ0v) is 25.3. The fourth-order valence-electron chi connectivity index (χ4n) is 6.13. The van der Waals surface area contributed by atoms with Crippen LogP contribution in [0.25, 0.3) is 22.2 Å². The smallest absolute Gasteiger partial charge is 0.169 e. The lowest BCUT2D eigenvalue weighted by Gasteiger charge is -2.23. The molecule has 3 aliphatic heterocycles. The van der Waals surface area contributed by atoms with Crippen molar-refractivity contribution in [2.45, 2.75) is 19.0 Å². The van der Waals surface area contributed by atoms with E-state index in [1.807, 2.05) is 36.7 Å². The van der Waals surface area contributed by atoms with Gasteiger partial charge in [-0.2, -0.15) is 0 Å². The standard InChI is InChI=1S/C40H32N6/c1-2-8-30(9-3-1)38-44-39(31-18-14-27(15-19-31)35-13-4-5-24-41-35)46-40(45-38)32-20-16-28(17-21-32)36-23-22-33(26-43-36)34-12-6-10-29-11-7-25-42-37(29)34/h1-21,25-26,38,41H,22-24H2,(H,44,45,46). The molecule has 0 fully saturated rings. The van der Waals surface area contributed by atoms with Crippen LogP contribution in [0.15, 0.2) is 155 Å². The lowest BCUT2D eigenvalue weighted by Crippen LogP contribution is -2.36. The van der Waals surface area contributed by atoms with Gasteiger partial charge in [0, 0.05) is 52.4 Å². The monoisotopic (exact) mass is 596 g/mol. The van der Waals surface area contributed by atoms with Gasteiger partial charge in [-0.3, -0.25) is 9.98 Å². The number of fused-ring (bicyclic) bond motifs is 1. The number of amidine groups is 2. The van der Waals surface area contributed by atoms with Crippen LogP contribution >= 0.6 is 0 Å². The van der Waals surface area contributed by atoms with Crippen LogP contribution in [0.3, 0.4) is 0 Å². The Morgan fingerprint density at radius 2 is 1.37 bits per heavy atom. The molecule has 0 bridgehead atoms. The Labute approximate surface area is 268 Å². The summed E-state index contributed by atoms with van der Waals surface area (Å²) in [5.74, 6) is 1.60. The van der Waals surface area contributed by atoms with E-state index < -0.39 is 0 Å². The van der Waals surface area contributed by atoms with Crippen molar-refractivity contribution in [3.05, 3.63) is 173 Å². The number of aliphatic imine (C=N–C) groups is 3. The molecule has 3 aliphatic rings. The van der Waals surface area contributed by atoms with E-state index in [1.54, 1.807) is 0 Å². The van der Waals surface area contributed by atoms with E-state index in [0.717, 1.165) is 86.7 Å². The molecule has 0 aliphatic carbocycles. The lowest BCUT2D eigenvalue weighted by atomic mass is 9.94. The van der Waals surface area contributed by atoms with Crippen LogP contribution < -0.4 is 10.6 Å². The molecule has 4 heterocycles. The Morgan fingerprint density at radius 1 is 0.652 bits per heavy atom. The predicted octanol–water partition coefficient (Wildman–Crippen LogP) is 7.85. The molecule has 1 atom stereocenters. The van der Waals surface area contributed by atoms with Crippen LogP contribution in [0.5, 0.6) is 0 Å². The normalized spacial score (nSPS) is 17.6. The predicted molar refractivity (Wildman–Crippen MR) is 189 cm³/mol. The Hall–Kier alpha value is -5.88. The number of rotatable bonds is 6. The second-order valence-electron chi connectivity index (χ2n) is 11.5. The Balaban J connectivity index is 1.06. The summed E-state index contributed by atoms with van der Waals surface area (Å²) in [6, 6.07) is 37.7. The van der Waals surface area contributed by atoms with Crippen molar-refractivity contribution < 1.29 is 0 Å². The van der Waals surface area contributed by atoms with Gasteiger partial charge < -0.3 is 10.6 Å². The molecule has 2 N–H and O–H groups in total. The maximum atomic E-state index is 5.05. The van der Waals surface area contributed by atoms with Gasteiger partial charge in [-0.1, -0.05) is 115 Å². The molecule has 6 heteroatoms. The zero-order chi connectivity index (χ0) is 30.7. The molecule has 5 aromatic rings. The highest BCUT2D eigenvalue weighted by atomic mass is 15.2. The molecule has 8 rings (SSSR count). The zero-order valence-electron chi connectivity index (χ0n) is 25.3. The SMILES string of the molecule is C1=CCNC(c2ccc(C3=NC(c4ccccc4)N=C(c4ccc(C5=NC=C(c6cccc7cccnc67)CC5)cc4)N3)cc2)=C1. The maximum Gasteiger partial charge on any atom is 0.169 e. The number of benzene rings is 4. The quantitative estimate of drug-likeness (QED) is 0.210. The van der Waals surface area contributed by atoms with Crippen molar-refractivity contribution in [1.82, 2.24) is 15.6 Å². The highest BCUT2D eigenvalue weighted by Gasteiger charge is 2.21. The van der Waals surface area contributed by atoms with Crippen molar-refractivity contribution in [2.24, 2.45) is 15.0 Å². The first kappa shape index (κ1) is 27.7. The first-order valence-corrected chi connectivity index (χ1v) is 15.7. The second-order valence-corrected chi connectivity index (χ2v) is 11.5. The molecule has 0 saturated heterocycles. The van der Waals surface area contributed by atoms with Gasteiger partial charge in [-0.25, -0.2) is 9.98 Å². The molecular formula is C40H32N6. The van der Waals surface area contributed by atoms with E-state index in [9.17, 15) is 0 Å². The summed E-state index contributed by atoms with van der Waals surface area (Å²) < 4.78 is 0. The summed E-state index contributed by atoms with van der Waals surface area (Å²) >= 11 is 0. The number of aromatic nitrogens is 1.